The van der Waals surface area contributed by atoms with Crippen molar-refractivity contribution in [2.75, 3.05) is 13.1 Å². The number of piperidine rings is 1. The molecule has 1 saturated heterocycles. The molecule has 0 bridgehead atoms. The molecule has 1 atom stereocenters. The molecule has 4 heteroatoms. The Morgan fingerprint density at radius 2 is 2.47 bits per heavy atom. The number of carboxylic acids is 1. The zero-order chi connectivity index (χ0) is 10.9. The molecular weight excluding hydrogens is 210 g/mol. The Labute approximate surface area is 93.1 Å². The molecule has 0 unspecified atom stereocenters. The molecule has 0 aromatic carbocycles. The Hall–Kier alpha value is -0.870. The molecule has 1 aromatic rings. The van der Waals surface area contributed by atoms with Gasteiger partial charge in [-0.2, -0.15) is 0 Å². The summed E-state index contributed by atoms with van der Waals surface area (Å²) in [7, 11) is 0. The van der Waals surface area contributed by atoms with Gasteiger partial charge in [-0.25, -0.2) is 0 Å². The van der Waals surface area contributed by atoms with E-state index in [1.54, 1.807) is 11.3 Å². The van der Waals surface area contributed by atoms with Crippen LogP contribution in [0.25, 0.3) is 0 Å². The highest BCUT2D eigenvalue weighted by Crippen LogP contribution is 2.36. The summed E-state index contributed by atoms with van der Waals surface area (Å²) >= 11 is 1.56. The van der Waals surface area contributed by atoms with Crippen LogP contribution in [-0.2, 0) is 10.2 Å². The molecule has 0 radical (unpaired) electrons. The summed E-state index contributed by atoms with van der Waals surface area (Å²) in [6.07, 6.45) is 1.68. The van der Waals surface area contributed by atoms with Gasteiger partial charge in [-0.05, 0) is 43.3 Å². The number of hydrogen-bond donors (Lipinski definition) is 2. The molecule has 15 heavy (non-hydrogen) atoms. The number of carbonyl (C=O) groups is 1. The van der Waals surface area contributed by atoms with Crippen LogP contribution in [0.15, 0.2) is 11.4 Å². The normalized spacial score (nSPS) is 26.5. The SMILES string of the molecule is Cc1ccsc1[C@@]1(C(=O)O)CCCNC1. The number of thiophene rings is 1. The highest BCUT2D eigenvalue weighted by molar-refractivity contribution is 7.10. The van der Waals surface area contributed by atoms with Crippen molar-refractivity contribution >= 4 is 17.3 Å². The summed E-state index contributed by atoms with van der Waals surface area (Å²) in [5.41, 5.74) is 0.419. The Kier molecular flexibility index (Phi) is 2.80. The standard InChI is InChI=1S/C11H15NO2S/c1-8-3-6-15-9(8)11(10(13)14)4-2-5-12-7-11/h3,6,12H,2,4-5,7H2,1H3,(H,13,14)/t11-/m1/s1. The fourth-order valence-corrected chi connectivity index (χ4v) is 3.39. The molecule has 3 nitrogen and oxygen atoms in total. The Morgan fingerprint density at radius 1 is 1.67 bits per heavy atom. The van der Waals surface area contributed by atoms with Crippen LogP contribution < -0.4 is 5.32 Å². The van der Waals surface area contributed by atoms with Crippen molar-refractivity contribution in [1.29, 1.82) is 0 Å². The van der Waals surface area contributed by atoms with Crippen molar-refractivity contribution in [2.45, 2.75) is 25.2 Å². The van der Waals surface area contributed by atoms with Crippen molar-refractivity contribution in [1.82, 2.24) is 5.32 Å². The maximum atomic E-state index is 11.5. The van der Waals surface area contributed by atoms with E-state index in [0.29, 0.717) is 6.54 Å². The van der Waals surface area contributed by atoms with E-state index >= 15 is 0 Å². The topological polar surface area (TPSA) is 49.3 Å². The highest BCUT2D eigenvalue weighted by atomic mass is 32.1. The van der Waals surface area contributed by atoms with E-state index in [1.165, 1.54) is 0 Å². The molecule has 2 rings (SSSR count). The zero-order valence-corrected chi connectivity index (χ0v) is 9.56. The molecule has 0 aliphatic carbocycles. The van der Waals surface area contributed by atoms with Gasteiger partial charge in [0.25, 0.3) is 0 Å². The van der Waals surface area contributed by atoms with Gasteiger partial charge in [0, 0.05) is 11.4 Å². The van der Waals surface area contributed by atoms with Crippen LogP contribution >= 0.6 is 11.3 Å². The number of aliphatic carboxylic acids is 1. The van der Waals surface area contributed by atoms with Crippen LogP contribution in [0.2, 0.25) is 0 Å². The second-order valence-electron chi connectivity index (χ2n) is 4.10. The Bertz CT molecular complexity index is 366. The van der Waals surface area contributed by atoms with Crippen molar-refractivity contribution in [3.63, 3.8) is 0 Å². The second kappa shape index (κ2) is 3.94. The highest BCUT2D eigenvalue weighted by Gasteiger charge is 2.43. The van der Waals surface area contributed by atoms with Crippen LogP contribution in [0.4, 0.5) is 0 Å². The van der Waals surface area contributed by atoms with E-state index in [1.807, 2.05) is 18.4 Å². The van der Waals surface area contributed by atoms with Crippen LogP contribution in [0.5, 0.6) is 0 Å². The first-order valence-electron chi connectivity index (χ1n) is 5.15. The average molecular weight is 225 g/mol. The molecule has 2 N–H and O–H groups in total. The summed E-state index contributed by atoms with van der Waals surface area (Å²) in [4.78, 5) is 12.5. The molecule has 82 valence electrons. The van der Waals surface area contributed by atoms with Crippen LogP contribution in [0.3, 0.4) is 0 Å². The summed E-state index contributed by atoms with van der Waals surface area (Å²) in [5.74, 6) is -0.694. The first-order valence-corrected chi connectivity index (χ1v) is 6.03. The zero-order valence-electron chi connectivity index (χ0n) is 8.75. The third-order valence-corrected chi connectivity index (χ3v) is 4.31. The first-order chi connectivity index (χ1) is 7.17. The summed E-state index contributed by atoms with van der Waals surface area (Å²) < 4.78 is 0. The van der Waals surface area contributed by atoms with Crippen molar-refractivity contribution < 1.29 is 9.90 Å². The number of aryl methyl sites for hydroxylation is 1. The van der Waals surface area contributed by atoms with Gasteiger partial charge in [0.2, 0.25) is 0 Å². The molecule has 0 amide bonds. The molecule has 0 spiro atoms. The lowest BCUT2D eigenvalue weighted by Gasteiger charge is -2.33. The fraction of sp³-hybridized carbons (Fsp3) is 0.545. The third kappa shape index (κ3) is 1.68. The molecular formula is C11H15NO2S. The minimum absolute atomic E-state index is 0.559. The predicted molar refractivity (Wildman–Crippen MR) is 60.5 cm³/mol. The molecule has 1 aliphatic heterocycles. The van der Waals surface area contributed by atoms with Gasteiger partial charge >= 0.3 is 5.97 Å². The number of hydrogen-bond acceptors (Lipinski definition) is 3. The largest absolute Gasteiger partial charge is 0.481 e. The fourth-order valence-electron chi connectivity index (χ4n) is 2.24. The van der Waals surface area contributed by atoms with Gasteiger partial charge in [0.05, 0.1) is 0 Å². The van der Waals surface area contributed by atoms with Crippen molar-refractivity contribution in [3.05, 3.63) is 21.9 Å². The third-order valence-electron chi connectivity index (χ3n) is 3.09. The minimum atomic E-state index is -0.694. The van der Waals surface area contributed by atoms with Crippen molar-refractivity contribution in [2.24, 2.45) is 0 Å². The van der Waals surface area contributed by atoms with E-state index < -0.39 is 11.4 Å². The van der Waals surface area contributed by atoms with Gasteiger partial charge in [-0.15, -0.1) is 11.3 Å². The van der Waals surface area contributed by atoms with E-state index in [4.69, 9.17) is 0 Å². The van der Waals surface area contributed by atoms with Crippen molar-refractivity contribution in [3.8, 4) is 0 Å². The van der Waals surface area contributed by atoms with E-state index in [9.17, 15) is 9.90 Å². The maximum absolute atomic E-state index is 11.5. The van der Waals surface area contributed by atoms with E-state index in [-0.39, 0.29) is 0 Å². The van der Waals surface area contributed by atoms with E-state index in [0.717, 1.165) is 29.8 Å². The lowest BCUT2D eigenvalue weighted by molar-refractivity contribution is -0.144. The monoisotopic (exact) mass is 225 g/mol. The second-order valence-corrected chi connectivity index (χ2v) is 5.02. The van der Waals surface area contributed by atoms with Crippen LogP contribution in [-0.4, -0.2) is 24.2 Å². The first kappa shape index (κ1) is 10.6. The maximum Gasteiger partial charge on any atom is 0.316 e. The molecule has 1 aliphatic rings. The van der Waals surface area contributed by atoms with Gasteiger partial charge in [0.1, 0.15) is 5.41 Å². The smallest absolute Gasteiger partial charge is 0.316 e. The van der Waals surface area contributed by atoms with Gasteiger partial charge < -0.3 is 10.4 Å². The van der Waals surface area contributed by atoms with Gasteiger partial charge in [-0.3, -0.25) is 4.79 Å². The molecule has 1 aromatic heterocycles. The van der Waals surface area contributed by atoms with Gasteiger partial charge in [-0.1, -0.05) is 0 Å². The summed E-state index contributed by atoms with van der Waals surface area (Å²) in [6.45, 7) is 3.48. The quantitative estimate of drug-likeness (QED) is 0.806. The van der Waals surface area contributed by atoms with E-state index in [2.05, 4.69) is 5.32 Å². The summed E-state index contributed by atoms with van der Waals surface area (Å²) in [6, 6.07) is 2.00. The number of carboxylic acid groups (broad SMARTS) is 1. The number of nitrogens with one attached hydrogen (secondary N) is 1. The lowest BCUT2D eigenvalue weighted by Crippen LogP contribution is -2.48. The lowest BCUT2D eigenvalue weighted by atomic mass is 9.78. The van der Waals surface area contributed by atoms with Crippen LogP contribution in [0.1, 0.15) is 23.3 Å². The average Bonchev–Trinajstić information content (AvgIpc) is 2.66. The molecule has 0 saturated carbocycles. The minimum Gasteiger partial charge on any atom is -0.481 e. The Balaban J connectivity index is 2.42. The van der Waals surface area contributed by atoms with Gasteiger partial charge in [0.15, 0.2) is 0 Å². The predicted octanol–water partition coefficient (Wildman–Crippen LogP) is 1.76. The summed E-state index contributed by atoms with van der Waals surface area (Å²) in [5, 5.41) is 14.6. The number of rotatable bonds is 2. The molecule has 2 heterocycles. The Morgan fingerprint density at radius 3 is 2.93 bits per heavy atom. The molecule has 1 fully saturated rings. The van der Waals surface area contributed by atoms with Crippen LogP contribution in [0, 0.1) is 6.92 Å².